The fourth-order valence-electron chi connectivity index (χ4n) is 2.21. The van der Waals surface area contributed by atoms with Crippen LogP contribution < -0.4 is 9.47 Å². The normalized spacial score (nSPS) is 13.4. The Balaban J connectivity index is 1.87. The van der Waals surface area contributed by atoms with Crippen molar-refractivity contribution < 1.29 is 19.4 Å². The molecule has 0 atom stereocenters. The topological polar surface area (TPSA) is 59.0 Å². The minimum Gasteiger partial charge on any atom is -0.454 e. The zero-order chi connectivity index (χ0) is 14.8. The van der Waals surface area contributed by atoms with Gasteiger partial charge < -0.3 is 19.5 Å². The summed E-state index contributed by atoms with van der Waals surface area (Å²) in [6.07, 6.45) is 1.05. The molecular weight excluding hydrogens is 258 g/mol. The molecule has 5 nitrogen and oxygen atoms in total. The van der Waals surface area contributed by atoms with E-state index in [1.807, 2.05) is 18.2 Å². The Morgan fingerprint density at radius 3 is 2.75 bits per heavy atom. The van der Waals surface area contributed by atoms with Crippen molar-refractivity contribution in [3.8, 4) is 11.5 Å². The van der Waals surface area contributed by atoms with Crippen molar-refractivity contribution in [2.75, 3.05) is 20.4 Å². The van der Waals surface area contributed by atoms with E-state index in [1.165, 1.54) is 0 Å². The van der Waals surface area contributed by atoms with Gasteiger partial charge in [0.05, 0.1) is 5.60 Å². The summed E-state index contributed by atoms with van der Waals surface area (Å²) in [5.74, 6) is 1.50. The van der Waals surface area contributed by atoms with Crippen LogP contribution in [-0.2, 0) is 11.2 Å². The van der Waals surface area contributed by atoms with E-state index < -0.39 is 5.60 Å². The van der Waals surface area contributed by atoms with E-state index in [4.69, 9.17) is 9.47 Å². The van der Waals surface area contributed by atoms with Crippen molar-refractivity contribution >= 4 is 5.91 Å². The number of hydrogen-bond acceptors (Lipinski definition) is 4. The average molecular weight is 279 g/mol. The first-order valence-corrected chi connectivity index (χ1v) is 6.70. The molecule has 2 rings (SSSR count). The molecule has 0 fully saturated rings. The summed E-state index contributed by atoms with van der Waals surface area (Å²) < 4.78 is 10.6. The van der Waals surface area contributed by atoms with Crippen molar-refractivity contribution in [2.45, 2.75) is 32.3 Å². The van der Waals surface area contributed by atoms with Crippen LogP contribution in [0.1, 0.15) is 25.8 Å². The molecule has 0 aliphatic carbocycles. The lowest BCUT2D eigenvalue weighted by Gasteiger charge is -2.25. The van der Waals surface area contributed by atoms with E-state index in [2.05, 4.69) is 0 Å². The third-order valence-corrected chi connectivity index (χ3v) is 3.11. The highest BCUT2D eigenvalue weighted by molar-refractivity contribution is 5.76. The number of hydrogen-bond donors (Lipinski definition) is 1. The molecule has 1 aliphatic rings. The molecule has 110 valence electrons. The van der Waals surface area contributed by atoms with Gasteiger partial charge in [0, 0.05) is 20.0 Å². The van der Waals surface area contributed by atoms with Gasteiger partial charge >= 0.3 is 0 Å². The first-order chi connectivity index (χ1) is 9.35. The predicted octanol–water partition coefficient (Wildman–Crippen LogP) is 1.58. The van der Waals surface area contributed by atoms with Gasteiger partial charge in [-0.3, -0.25) is 4.79 Å². The van der Waals surface area contributed by atoms with E-state index in [1.54, 1.807) is 25.8 Å². The minimum absolute atomic E-state index is 0.0183. The second-order valence-electron chi connectivity index (χ2n) is 5.75. The van der Waals surface area contributed by atoms with E-state index in [9.17, 15) is 9.90 Å². The Labute approximate surface area is 119 Å². The number of aliphatic hydroxyl groups is 1. The molecule has 20 heavy (non-hydrogen) atoms. The molecule has 1 aliphatic heterocycles. The molecular formula is C15H21NO4. The third kappa shape index (κ3) is 3.87. The van der Waals surface area contributed by atoms with Gasteiger partial charge in [-0.15, -0.1) is 0 Å². The molecule has 1 aromatic rings. The van der Waals surface area contributed by atoms with Crippen LogP contribution in [0.25, 0.3) is 0 Å². The number of nitrogens with zero attached hydrogens (tertiary/aromatic N) is 1. The standard InChI is InChI=1S/C15H21NO4/c1-15(2,18)9-16(3)14(17)7-5-11-4-6-12-13(8-11)20-10-19-12/h4,6,8,18H,5,7,9-10H2,1-3H3. The number of amides is 1. The average Bonchev–Trinajstić information content (AvgIpc) is 2.81. The molecule has 0 spiro atoms. The van der Waals surface area contributed by atoms with E-state index >= 15 is 0 Å². The van der Waals surface area contributed by atoms with E-state index in [-0.39, 0.29) is 12.7 Å². The number of carbonyl (C=O) groups is 1. The number of likely N-dealkylation sites (N-methyl/N-ethyl adjacent to an activating group) is 1. The number of fused-ring (bicyclic) bond motifs is 1. The van der Waals surface area contributed by atoms with Crippen LogP contribution in [0, 0.1) is 0 Å². The summed E-state index contributed by atoms with van der Waals surface area (Å²) in [6.45, 7) is 3.96. The molecule has 0 unspecified atom stereocenters. The summed E-state index contributed by atoms with van der Waals surface area (Å²) in [6, 6.07) is 5.71. The maximum atomic E-state index is 12.0. The maximum absolute atomic E-state index is 12.0. The fraction of sp³-hybridized carbons (Fsp3) is 0.533. The van der Waals surface area contributed by atoms with Crippen LogP contribution in [0.4, 0.5) is 0 Å². The highest BCUT2D eigenvalue weighted by atomic mass is 16.7. The zero-order valence-electron chi connectivity index (χ0n) is 12.2. The van der Waals surface area contributed by atoms with Gasteiger partial charge in [0.25, 0.3) is 0 Å². The lowest BCUT2D eigenvalue weighted by Crippen LogP contribution is -2.39. The van der Waals surface area contributed by atoms with Crippen LogP contribution in [0.3, 0.4) is 0 Å². The quantitative estimate of drug-likeness (QED) is 0.889. The van der Waals surface area contributed by atoms with Crippen molar-refractivity contribution in [1.82, 2.24) is 4.90 Å². The zero-order valence-corrected chi connectivity index (χ0v) is 12.2. The fourth-order valence-corrected chi connectivity index (χ4v) is 2.21. The van der Waals surface area contributed by atoms with Gasteiger partial charge in [0.1, 0.15) is 0 Å². The molecule has 5 heteroatoms. The summed E-state index contributed by atoms with van der Waals surface area (Å²) in [5, 5.41) is 9.70. The Hall–Kier alpha value is -1.75. The van der Waals surface area contributed by atoms with Gasteiger partial charge in [-0.05, 0) is 38.0 Å². The summed E-state index contributed by atoms with van der Waals surface area (Å²) in [5.41, 5.74) is 0.169. The van der Waals surface area contributed by atoms with Crippen molar-refractivity contribution in [3.63, 3.8) is 0 Å². The Bertz CT molecular complexity index is 493. The summed E-state index contributed by atoms with van der Waals surface area (Å²) in [7, 11) is 1.71. The van der Waals surface area contributed by atoms with Crippen molar-refractivity contribution in [3.05, 3.63) is 23.8 Å². The number of carbonyl (C=O) groups excluding carboxylic acids is 1. The second kappa shape index (κ2) is 5.71. The van der Waals surface area contributed by atoms with Crippen LogP contribution >= 0.6 is 0 Å². The molecule has 1 amide bonds. The number of ether oxygens (including phenoxy) is 2. The summed E-state index contributed by atoms with van der Waals surface area (Å²) in [4.78, 5) is 13.5. The van der Waals surface area contributed by atoms with E-state index in [0.717, 1.165) is 17.1 Å². The first kappa shape index (κ1) is 14.7. The van der Waals surface area contributed by atoms with Crippen LogP contribution in [0.15, 0.2) is 18.2 Å². The Morgan fingerprint density at radius 1 is 1.35 bits per heavy atom. The lowest BCUT2D eigenvalue weighted by atomic mass is 10.1. The van der Waals surface area contributed by atoms with Gasteiger partial charge in [0.2, 0.25) is 12.7 Å². The van der Waals surface area contributed by atoms with Crippen molar-refractivity contribution in [1.29, 1.82) is 0 Å². The SMILES string of the molecule is CN(CC(C)(C)O)C(=O)CCc1ccc2c(c1)OCO2. The number of rotatable bonds is 5. The van der Waals surface area contributed by atoms with Gasteiger partial charge in [0.15, 0.2) is 11.5 Å². The molecule has 0 saturated heterocycles. The molecule has 1 N–H and O–H groups in total. The molecule has 1 aromatic carbocycles. The second-order valence-corrected chi connectivity index (χ2v) is 5.75. The molecule has 0 radical (unpaired) electrons. The molecule has 1 heterocycles. The monoisotopic (exact) mass is 279 g/mol. The number of aryl methyl sites for hydroxylation is 1. The van der Waals surface area contributed by atoms with Crippen LogP contribution in [0.2, 0.25) is 0 Å². The van der Waals surface area contributed by atoms with Crippen molar-refractivity contribution in [2.24, 2.45) is 0 Å². The lowest BCUT2D eigenvalue weighted by molar-refractivity contribution is -0.132. The molecule has 0 saturated carbocycles. The van der Waals surface area contributed by atoms with Gasteiger partial charge in [-0.1, -0.05) is 6.07 Å². The predicted molar refractivity (Wildman–Crippen MR) is 74.8 cm³/mol. The smallest absolute Gasteiger partial charge is 0.231 e. The Morgan fingerprint density at radius 2 is 2.05 bits per heavy atom. The largest absolute Gasteiger partial charge is 0.454 e. The summed E-state index contributed by atoms with van der Waals surface area (Å²) >= 11 is 0. The molecule has 0 aromatic heterocycles. The Kier molecular flexibility index (Phi) is 4.18. The van der Waals surface area contributed by atoms with Gasteiger partial charge in [-0.2, -0.15) is 0 Å². The minimum atomic E-state index is -0.872. The first-order valence-electron chi connectivity index (χ1n) is 6.70. The van der Waals surface area contributed by atoms with Crippen LogP contribution in [-0.4, -0.2) is 41.9 Å². The number of benzene rings is 1. The van der Waals surface area contributed by atoms with E-state index in [0.29, 0.717) is 19.4 Å². The highest BCUT2D eigenvalue weighted by Gasteiger charge is 2.19. The molecule has 0 bridgehead atoms. The maximum Gasteiger partial charge on any atom is 0.231 e. The highest BCUT2D eigenvalue weighted by Crippen LogP contribution is 2.32. The van der Waals surface area contributed by atoms with Gasteiger partial charge in [-0.25, -0.2) is 0 Å². The third-order valence-electron chi connectivity index (χ3n) is 3.11. The van der Waals surface area contributed by atoms with Crippen LogP contribution in [0.5, 0.6) is 11.5 Å².